The molecule has 0 bridgehead atoms. The zero-order valence-corrected chi connectivity index (χ0v) is 13.6. The maximum absolute atomic E-state index is 13.0. The van der Waals surface area contributed by atoms with Crippen LogP contribution in [0.25, 0.3) is 0 Å². The van der Waals surface area contributed by atoms with Gasteiger partial charge < -0.3 is 20.6 Å². The summed E-state index contributed by atoms with van der Waals surface area (Å²) < 4.78 is 13.0. The minimum Gasteiger partial charge on any atom is -0.396 e. The fraction of sp³-hybridized carbons (Fsp3) is 0.562. The van der Waals surface area contributed by atoms with Gasteiger partial charge in [0.1, 0.15) is 5.82 Å². The molecular formula is C16H26FN3O2. The highest BCUT2D eigenvalue weighted by Crippen LogP contribution is 2.17. The molecule has 2 amide bonds. The van der Waals surface area contributed by atoms with Gasteiger partial charge in [-0.2, -0.15) is 0 Å². The Bertz CT molecular complexity index is 465. The number of amides is 2. The van der Waals surface area contributed by atoms with Crippen LogP contribution in [0.1, 0.15) is 25.5 Å². The number of carbonyl (C=O) groups excluding carboxylic acids is 1. The molecule has 0 saturated heterocycles. The van der Waals surface area contributed by atoms with Crippen molar-refractivity contribution in [1.82, 2.24) is 15.5 Å². The summed E-state index contributed by atoms with van der Waals surface area (Å²) in [6, 6.07) is 5.83. The van der Waals surface area contributed by atoms with Gasteiger partial charge in [-0.3, -0.25) is 0 Å². The summed E-state index contributed by atoms with van der Waals surface area (Å²) in [5.41, 5.74) is 0.934. The first-order valence-corrected chi connectivity index (χ1v) is 7.42. The van der Waals surface area contributed by atoms with Gasteiger partial charge in [0.2, 0.25) is 0 Å². The number of likely N-dealkylation sites (N-methyl/N-ethyl adjacent to an activating group) is 1. The van der Waals surface area contributed by atoms with Gasteiger partial charge >= 0.3 is 6.03 Å². The summed E-state index contributed by atoms with van der Waals surface area (Å²) in [4.78, 5) is 13.9. The molecule has 1 aromatic carbocycles. The third-order valence-corrected chi connectivity index (χ3v) is 3.83. The van der Waals surface area contributed by atoms with E-state index in [0.29, 0.717) is 6.54 Å². The maximum atomic E-state index is 13.0. The van der Waals surface area contributed by atoms with Gasteiger partial charge in [-0.15, -0.1) is 0 Å². The number of halogens is 1. The van der Waals surface area contributed by atoms with Gasteiger partial charge in [-0.25, -0.2) is 9.18 Å². The Morgan fingerprint density at radius 2 is 1.86 bits per heavy atom. The van der Waals surface area contributed by atoms with Crippen molar-refractivity contribution in [3.63, 3.8) is 0 Å². The number of aliphatic hydroxyl groups is 1. The van der Waals surface area contributed by atoms with Crippen molar-refractivity contribution in [2.45, 2.75) is 25.9 Å². The summed E-state index contributed by atoms with van der Waals surface area (Å²) in [7, 11) is 3.81. The number of benzene rings is 1. The van der Waals surface area contributed by atoms with E-state index < -0.39 is 0 Å². The largest absolute Gasteiger partial charge is 0.396 e. The number of carbonyl (C=O) groups is 1. The highest BCUT2D eigenvalue weighted by Gasteiger charge is 2.17. The van der Waals surface area contributed by atoms with Crippen LogP contribution in [0.2, 0.25) is 0 Å². The Morgan fingerprint density at radius 1 is 1.27 bits per heavy atom. The Hall–Kier alpha value is -1.66. The second-order valence-electron chi connectivity index (χ2n) is 5.83. The fourth-order valence-corrected chi connectivity index (χ4v) is 2.03. The van der Waals surface area contributed by atoms with E-state index in [9.17, 15) is 9.18 Å². The van der Waals surface area contributed by atoms with Gasteiger partial charge in [0.25, 0.3) is 0 Å². The van der Waals surface area contributed by atoms with E-state index in [1.54, 1.807) is 12.1 Å². The number of urea groups is 1. The van der Waals surface area contributed by atoms with Gasteiger partial charge in [0.15, 0.2) is 0 Å². The molecule has 0 aliphatic heterocycles. The monoisotopic (exact) mass is 311 g/mol. The molecule has 0 aromatic heterocycles. The highest BCUT2D eigenvalue weighted by atomic mass is 19.1. The highest BCUT2D eigenvalue weighted by molar-refractivity contribution is 5.74. The smallest absolute Gasteiger partial charge is 0.315 e. The number of rotatable bonds is 7. The van der Waals surface area contributed by atoms with Gasteiger partial charge in [-0.1, -0.05) is 19.1 Å². The quantitative estimate of drug-likeness (QED) is 0.719. The number of aliphatic hydroxyl groups excluding tert-OH is 1. The Labute approximate surface area is 131 Å². The molecule has 0 aliphatic carbocycles. The summed E-state index contributed by atoms with van der Waals surface area (Å²) in [6.07, 6.45) is 0. The van der Waals surface area contributed by atoms with Crippen molar-refractivity contribution >= 4 is 6.03 Å². The standard InChI is InChI=1S/C16H26FN3O2/c1-11(10-21)12(2)19-16(22)18-9-15(20(3)4)13-5-7-14(17)8-6-13/h5-8,11-12,15,21H,9-10H2,1-4H3,(H2,18,19,22). The maximum Gasteiger partial charge on any atom is 0.315 e. The van der Waals surface area contributed by atoms with Gasteiger partial charge in [0, 0.05) is 19.2 Å². The zero-order valence-electron chi connectivity index (χ0n) is 13.6. The molecule has 3 atom stereocenters. The number of hydrogen-bond acceptors (Lipinski definition) is 3. The Kier molecular flexibility index (Phi) is 7.27. The predicted octanol–water partition coefficient (Wildman–Crippen LogP) is 1.74. The molecule has 6 heteroatoms. The molecule has 3 unspecified atom stereocenters. The van der Waals surface area contributed by atoms with Crippen molar-refractivity contribution in [3.05, 3.63) is 35.6 Å². The molecule has 0 heterocycles. The van der Waals surface area contributed by atoms with Crippen molar-refractivity contribution in [1.29, 1.82) is 0 Å². The van der Waals surface area contributed by atoms with E-state index in [1.165, 1.54) is 12.1 Å². The summed E-state index contributed by atoms with van der Waals surface area (Å²) in [6.45, 7) is 4.15. The van der Waals surface area contributed by atoms with Crippen molar-refractivity contribution in [3.8, 4) is 0 Å². The molecule has 1 aromatic rings. The normalized spacial score (nSPS) is 15.2. The van der Waals surface area contributed by atoms with Crippen LogP contribution < -0.4 is 10.6 Å². The van der Waals surface area contributed by atoms with Gasteiger partial charge in [-0.05, 0) is 44.6 Å². The van der Waals surface area contributed by atoms with Crippen LogP contribution in [0.3, 0.4) is 0 Å². The molecule has 1 rings (SSSR count). The van der Waals surface area contributed by atoms with Crippen LogP contribution >= 0.6 is 0 Å². The van der Waals surface area contributed by atoms with Crippen molar-refractivity contribution < 1.29 is 14.3 Å². The molecule has 5 nitrogen and oxygen atoms in total. The van der Waals surface area contributed by atoms with Crippen molar-refractivity contribution in [2.75, 3.05) is 27.2 Å². The minimum absolute atomic E-state index is 0.00695. The van der Waals surface area contributed by atoms with Crippen LogP contribution in [-0.4, -0.2) is 49.3 Å². The third-order valence-electron chi connectivity index (χ3n) is 3.83. The van der Waals surface area contributed by atoms with Crippen LogP contribution in [0.4, 0.5) is 9.18 Å². The van der Waals surface area contributed by atoms with Crippen molar-refractivity contribution in [2.24, 2.45) is 5.92 Å². The molecule has 0 aliphatic rings. The van der Waals surface area contributed by atoms with E-state index in [0.717, 1.165) is 5.56 Å². The average Bonchev–Trinajstić information content (AvgIpc) is 2.47. The lowest BCUT2D eigenvalue weighted by Crippen LogP contribution is -2.46. The Morgan fingerprint density at radius 3 is 2.36 bits per heavy atom. The van der Waals surface area contributed by atoms with E-state index in [2.05, 4.69) is 10.6 Å². The number of nitrogens with one attached hydrogen (secondary N) is 2. The number of nitrogens with zero attached hydrogens (tertiary/aromatic N) is 1. The molecule has 3 N–H and O–H groups in total. The molecule has 22 heavy (non-hydrogen) atoms. The lowest BCUT2D eigenvalue weighted by molar-refractivity contribution is 0.198. The Balaban J connectivity index is 2.58. The predicted molar refractivity (Wildman–Crippen MR) is 85.1 cm³/mol. The molecule has 0 saturated carbocycles. The molecular weight excluding hydrogens is 285 g/mol. The molecule has 0 fully saturated rings. The average molecular weight is 311 g/mol. The lowest BCUT2D eigenvalue weighted by Gasteiger charge is -2.26. The second kappa shape index (κ2) is 8.70. The molecule has 124 valence electrons. The first kappa shape index (κ1) is 18.4. The van der Waals surface area contributed by atoms with E-state index >= 15 is 0 Å². The van der Waals surface area contributed by atoms with E-state index in [-0.39, 0.29) is 36.5 Å². The lowest BCUT2D eigenvalue weighted by atomic mass is 10.1. The summed E-state index contributed by atoms with van der Waals surface area (Å²) in [5, 5.41) is 14.7. The van der Waals surface area contributed by atoms with E-state index in [1.807, 2.05) is 32.8 Å². The zero-order chi connectivity index (χ0) is 16.7. The second-order valence-corrected chi connectivity index (χ2v) is 5.83. The number of hydrogen-bond donors (Lipinski definition) is 3. The first-order chi connectivity index (χ1) is 10.3. The first-order valence-electron chi connectivity index (χ1n) is 7.42. The van der Waals surface area contributed by atoms with Crippen LogP contribution in [0.5, 0.6) is 0 Å². The SMILES string of the molecule is CC(CO)C(C)NC(=O)NCC(c1ccc(F)cc1)N(C)C. The summed E-state index contributed by atoms with van der Waals surface area (Å²) in [5.74, 6) is -0.286. The molecule has 0 spiro atoms. The summed E-state index contributed by atoms with van der Waals surface area (Å²) >= 11 is 0. The minimum atomic E-state index is -0.279. The third kappa shape index (κ3) is 5.61. The van der Waals surface area contributed by atoms with Gasteiger partial charge in [0.05, 0.1) is 6.04 Å². The van der Waals surface area contributed by atoms with Crippen LogP contribution in [0, 0.1) is 11.7 Å². The van der Waals surface area contributed by atoms with Crippen LogP contribution in [-0.2, 0) is 0 Å². The molecule has 0 radical (unpaired) electrons. The topological polar surface area (TPSA) is 64.6 Å². The van der Waals surface area contributed by atoms with Crippen LogP contribution in [0.15, 0.2) is 24.3 Å². The fourth-order valence-electron chi connectivity index (χ4n) is 2.03. The van der Waals surface area contributed by atoms with E-state index in [4.69, 9.17) is 5.11 Å².